The van der Waals surface area contributed by atoms with E-state index < -0.39 is 0 Å². The number of benzene rings is 2. The second-order valence-corrected chi connectivity index (χ2v) is 5.50. The van der Waals surface area contributed by atoms with Crippen LogP contribution in [0.25, 0.3) is 11.0 Å². The fraction of sp³-hybridized carbons (Fsp3) is 0.125. The number of para-hydroxylation sites is 1. The number of hydrogen-bond donors (Lipinski definition) is 1. The van der Waals surface area contributed by atoms with E-state index in [0.717, 1.165) is 22.1 Å². The van der Waals surface area contributed by atoms with Gasteiger partial charge in [-0.1, -0.05) is 30.3 Å². The van der Waals surface area contributed by atoms with Crippen LogP contribution in [0.1, 0.15) is 17.2 Å². The van der Waals surface area contributed by atoms with Gasteiger partial charge in [0.1, 0.15) is 11.4 Å². The Morgan fingerprint density at radius 3 is 2.80 bits per heavy atom. The van der Waals surface area contributed by atoms with Crippen LogP contribution in [0.15, 0.2) is 57.6 Å². The number of hydrogen-bond acceptors (Lipinski definition) is 2. The number of nitrogens with two attached hydrogens (primary N) is 1. The molecule has 1 aromatic heterocycles. The topological polar surface area (TPSA) is 39.2 Å². The lowest BCUT2D eigenvalue weighted by Crippen LogP contribution is -2.13. The van der Waals surface area contributed by atoms with Crippen molar-refractivity contribution in [3.8, 4) is 0 Å². The Hall–Kier alpha value is -1.65. The molecular weight excluding hydrogens is 321 g/mol. The van der Waals surface area contributed by atoms with E-state index in [1.165, 1.54) is 6.07 Å². The largest absolute Gasteiger partial charge is 0.464 e. The van der Waals surface area contributed by atoms with Gasteiger partial charge in [0.15, 0.2) is 0 Å². The molecule has 102 valence electrons. The smallest absolute Gasteiger partial charge is 0.137 e. The minimum absolute atomic E-state index is 0.239. The van der Waals surface area contributed by atoms with Crippen LogP contribution < -0.4 is 5.73 Å². The molecule has 0 saturated carbocycles. The van der Waals surface area contributed by atoms with Crippen molar-refractivity contribution in [3.63, 3.8) is 0 Å². The minimum atomic E-state index is -0.272. The molecule has 1 heterocycles. The van der Waals surface area contributed by atoms with Crippen molar-refractivity contribution in [1.29, 1.82) is 0 Å². The van der Waals surface area contributed by atoms with Crippen molar-refractivity contribution in [2.45, 2.75) is 12.5 Å². The van der Waals surface area contributed by atoms with Crippen LogP contribution >= 0.6 is 15.9 Å². The molecule has 2 N–H and O–H groups in total. The molecule has 0 amide bonds. The van der Waals surface area contributed by atoms with Gasteiger partial charge in [-0.3, -0.25) is 0 Å². The molecule has 2 nitrogen and oxygen atoms in total. The molecule has 0 aliphatic carbocycles. The zero-order chi connectivity index (χ0) is 14.1. The van der Waals surface area contributed by atoms with Gasteiger partial charge in [0.05, 0.1) is 10.7 Å². The van der Waals surface area contributed by atoms with Crippen LogP contribution in [0, 0.1) is 5.82 Å². The van der Waals surface area contributed by atoms with Crippen LogP contribution in [0.5, 0.6) is 0 Å². The van der Waals surface area contributed by atoms with Crippen molar-refractivity contribution >= 4 is 26.9 Å². The van der Waals surface area contributed by atoms with Gasteiger partial charge in [-0.15, -0.1) is 0 Å². The van der Waals surface area contributed by atoms with E-state index in [2.05, 4.69) is 15.9 Å². The molecule has 0 bridgehead atoms. The first-order chi connectivity index (χ1) is 9.66. The number of furan rings is 1. The standard InChI is InChI=1S/C16H13BrFNO/c17-16-10(4-3-6-13(16)18)8-14(19)12-9-20-15-7-2-1-5-11(12)15/h1-7,9,14H,8,19H2. The molecule has 3 rings (SSSR count). The molecule has 1 atom stereocenters. The van der Waals surface area contributed by atoms with E-state index >= 15 is 0 Å². The maximum Gasteiger partial charge on any atom is 0.137 e. The third kappa shape index (κ3) is 2.37. The molecule has 0 radical (unpaired) electrons. The van der Waals surface area contributed by atoms with Gasteiger partial charge in [0, 0.05) is 17.0 Å². The minimum Gasteiger partial charge on any atom is -0.464 e. The van der Waals surface area contributed by atoms with E-state index in [9.17, 15) is 4.39 Å². The molecule has 3 aromatic rings. The van der Waals surface area contributed by atoms with Gasteiger partial charge < -0.3 is 10.2 Å². The average molecular weight is 334 g/mol. The molecule has 0 fully saturated rings. The lowest BCUT2D eigenvalue weighted by Gasteiger charge is -2.12. The number of fused-ring (bicyclic) bond motifs is 1. The SMILES string of the molecule is NC(Cc1cccc(F)c1Br)c1coc2ccccc12. The summed E-state index contributed by atoms with van der Waals surface area (Å²) in [6, 6.07) is 12.5. The third-order valence-corrected chi connectivity index (χ3v) is 4.27. The summed E-state index contributed by atoms with van der Waals surface area (Å²) in [5.41, 5.74) is 8.86. The third-order valence-electron chi connectivity index (χ3n) is 3.38. The van der Waals surface area contributed by atoms with Gasteiger partial charge in [0.25, 0.3) is 0 Å². The molecule has 2 aromatic carbocycles. The monoisotopic (exact) mass is 333 g/mol. The Morgan fingerprint density at radius 2 is 1.95 bits per heavy atom. The highest BCUT2D eigenvalue weighted by Gasteiger charge is 2.15. The normalized spacial score (nSPS) is 12.8. The lowest BCUT2D eigenvalue weighted by atomic mass is 9.99. The summed E-state index contributed by atoms with van der Waals surface area (Å²) in [6.45, 7) is 0. The fourth-order valence-electron chi connectivity index (χ4n) is 2.34. The summed E-state index contributed by atoms with van der Waals surface area (Å²) >= 11 is 3.27. The summed E-state index contributed by atoms with van der Waals surface area (Å²) < 4.78 is 19.5. The Morgan fingerprint density at radius 1 is 1.15 bits per heavy atom. The second kappa shape index (κ2) is 5.38. The first-order valence-corrected chi connectivity index (χ1v) is 7.10. The quantitative estimate of drug-likeness (QED) is 0.762. The van der Waals surface area contributed by atoms with Crippen molar-refractivity contribution in [3.05, 3.63) is 70.1 Å². The highest BCUT2D eigenvalue weighted by Crippen LogP contribution is 2.29. The predicted octanol–water partition coefficient (Wildman–Crippen LogP) is 4.58. The van der Waals surface area contributed by atoms with Gasteiger partial charge in [-0.25, -0.2) is 4.39 Å². The van der Waals surface area contributed by atoms with Crippen molar-refractivity contribution in [1.82, 2.24) is 0 Å². The van der Waals surface area contributed by atoms with E-state index in [4.69, 9.17) is 10.2 Å². The summed E-state index contributed by atoms with van der Waals surface area (Å²) in [6.07, 6.45) is 2.23. The summed E-state index contributed by atoms with van der Waals surface area (Å²) in [5, 5.41) is 1.01. The lowest BCUT2D eigenvalue weighted by molar-refractivity contribution is 0.596. The molecule has 0 aliphatic rings. The first-order valence-electron chi connectivity index (χ1n) is 6.31. The van der Waals surface area contributed by atoms with Crippen LogP contribution in [0.3, 0.4) is 0 Å². The van der Waals surface area contributed by atoms with Crippen molar-refractivity contribution in [2.24, 2.45) is 5.73 Å². The van der Waals surface area contributed by atoms with Crippen LogP contribution in [-0.2, 0) is 6.42 Å². The van der Waals surface area contributed by atoms with Crippen LogP contribution in [0.4, 0.5) is 4.39 Å². The van der Waals surface area contributed by atoms with Crippen molar-refractivity contribution < 1.29 is 8.81 Å². The molecular formula is C16H13BrFNO. The Bertz CT molecular complexity index is 753. The van der Waals surface area contributed by atoms with Gasteiger partial charge >= 0.3 is 0 Å². The Labute approximate surface area is 124 Å². The van der Waals surface area contributed by atoms with E-state index in [1.807, 2.05) is 30.3 Å². The molecule has 4 heteroatoms. The van der Waals surface area contributed by atoms with Crippen LogP contribution in [0.2, 0.25) is 0 Å². The van der Waals surface area contributed by atoms with Crippen molar-refractivity contribution in [2.75, 3.05) is 0 Å². The fourth-order valence-corrected chi connectivity index (χ4v) is 2.76. The summed E-state index contributed by atoms with van der Waals surface area (Å²) in [7, 11) is 0. The zero-order valence-corrected chi connectivity index (χ0v) is 12.2. The molecule has 20 heavy (non-hydrogen) atoms. The van der Waals surface area contributed by atoms with Gasteiger partial charge in [-0.05, 0) is 40.0 Å². The maximum absolute atomic E-state index is 13.5. The predicted molar refractivity (Wildman–Crippen MR) is 80.9 cm³/mol. The number of halogens is 2. The number of rotatable bonds is 3. The average Bonchev–Trinajstić information content (AvgIpc) is 2.88. The maximum atomic E-state index is 13.5. The van der Waals surface area contributed by atoms with Gasteiger partial charge in [0.2, 0.25) is 0 Å². The van der Waals surface area contributed by atoms with E-state index in [-0.39, 0.29) is 11.9 Å². The van der Waals surface area contributed by atoms with E-state index in [1.54, 1.807) is 12.3 Å². The second-order valence-electron chi connectivity index (χ2n) is 4.71. The van der Waals surface area contributed by atoms with Crippen LogP contribution in [-0.4, -0.2) is 0 Å². The molecule has 0 spiro atoms. The summed E-state index contributed by atoms with van der Waals surface area (Å²) in [4.78, 5) is 0. The highest BCUT2D eigenvalue weighted by molar-refractivity contribution is 9.10. The van der Waals surface area contributed by atoms with E-state index in [0.29, 0.717) is 10.9 Å². The first kappa shape index (κ1) is 13.3. The van der Waals surface area contributed by atoms with Gasteiger partial charge in [-0.2, -0.15) is 0 Å². The molecule has 0 aliphatic heterocycles. The Balaban J connectivity index is 1.93. The molecule has 1 unspecified atom stereocenters. The summed E-state index contributed by atoms with van der Waals surface area (Å²) in [5.74, 6) is -0.272. The Kier molecular flexibility index (Phi) is 3.59. The zero-order valence-electron chi connectivity index (χ0n) is 10.6. The highest BCUT2D eigenvalue weighted by atomic mass is 79.9. The molecule has 0 saturated heterocycles.